The van der Waals surface area contributed by atoms with E-state index >= 15 is 0 Å². The Balaban J connectivity index is 1.37. The number of nitrogens with zero attached hydrogens (tertiary/aromatic N) is 4. The molecule has 1 saturated heterocycles. The first-order valence-corrected chi connectivity index (χ1v) is 11.7. The Morgan fingerprint density at radius 1 is 1.09 bits per heavy atom. The summed E-state index contributed by atoms with van der Waals surface area (Å²) in [7, 11) is 0. The highest BCUT2D eigenvalue weighted by Crippen LogP contribution is 2.26. The number of carbonyl (C=O) groups excluding carboxylic acids is 2. The fraction of sp³-hybridized carbons (Fsp3) is 0.208. The van der Waals surface area contributed by atoms with Crippen LogP contribution in [0.5, 0.6) is 0 Å². The lowest BCUT2D eigenvalue weighted by molar-refractivity contribution is -0.121. The van der Waals surface area contributed by atoms with Crippen LogP contribution >= 0.6 is 11.3 Å². The second-order valence-electron chi connectivity index (χ2n) is 8.04. The van der Waals surface area contributed by atoms with Gasteiger partial charge < -0.3 is 15.3 Å². The summed E-state index contributed by atoms with van der Waals surface area (Å²) in [6.07, 6.45) is 3.21. The van der Waals surface area contributed by atoms with Crippen LogP contribution in [0.2, 0.25) is 0 Å². The predicted octanol–water partition coefficient (Wildman–Crippen LogP) is 4.02. The molecule has 1 fully saturated rings. The van der Waals surface area contributed by atoms with Crippen LogP contribution in [0.25, 0.3) is 16.9 Å². The van der Waals surface area contributed by atoms with Crippen molar-refractivity contribution < 1.29 is 19.5 Å². The van der Waals surface area contributed by atoms with Crippen molar-refractivity contribution in [1.82, 2.24) is 19.5 Å². The normalized spacial score (nSPS) is 14.3. The van der Waals surface area contributed by atoms with Crippen LogP contribution < -0.4 is 5.32 Å². The lowest BCUT2D eigenvalue weighted by atomic mass is 9.96. The first-order valence-electron chi connectivity index (χ1n) is 10.8. The van der Waals surface area contributed by atoms with Gasteiger partial charge in [0.05, 0.1) is 22.3 Å². The molecule has 1 aliphatic heterocycles. The van der Waals surface area contributed by atoms with E-state index in [9.17, 15) is 14.4 Å². The van der Waals surface area contributed by atoms with E-state index in [1.807, 2.05) is 35.7 Å². The van der Waals surface area contributed by atoms with Gasteiger partial charge in [0.2, 0.25) is 11.7 Å². The minimum absolute atomic E-state index is 0.120. The number of fused-ring (bicyclic) bond motifs is 1. The van der Waals surface area contributed by atoms with E-state index < -0.39 is 6.09 Å². The number of carboxylic acid groups (broad SMARTS) is 1. The summed E-state index contributed by atoms with van der Waals surface area (Å²) in [5.41, 5.74) is 3.08. The number of hydrogen-bond acceptors (Lipinski definition) is 6. The molecule has 0 unspecified atom stereocenters. The van der Waals surface area contributed by atoms with E-state index in [0.717, 1.165) is 11.3 Å². The lowest BCUT2D eigenvalue weighted by Crippen LogP contribution is -2.40. The summed E-state index contributed by atoms with van der Waals surface area (Å²) in [6, 6.07) is 12.8. The van der Waals surface area contributed by atoms with Crippen molar-refractivity contribution in [2.45, 2.75) is 12.8 Å². The minimum atomic E-state index is -0.950. The highest BCUT2D eigenvalue weighted by atomic mass is 32.1. The van der Waals surface area contributed by atoms with Crippen molar-refractivity contribution in [1.29, 1.82) is 0 Å². The standard InChI is InChI=1S/C24H21N5O4S/c30-21(20-5-2-12-34-20)18-14-26-29-19(6-9-25-22(18)29)16-3-1-4-17(13-16)27-23(31)15-7-10-28(11-8-15)24(32)33/h1-6,9,12-15H,7-8,10-11H2,(H,27,31)(H,32,33). The molecule has 1 aromatic carbocycles. The molecule has 3 aromatic heterocycles. The molecule has 0 bridgehead atoms. The second-order valence-corrected chi connectivity index (χ2v) is 8.99. The van der Waals surface area contributed by atoms with Crippen LogP contribution in [0, 0.1) is 5.92 Å². The Labute approximate surface area is 198 Å². The minimum Gasteiger partial charge on any atom is -0.465 e. The fourth-order valence-electron chi connectivity index (χ4n) is 4.14. The molecule has 2 N–H and O–H groups in total. The number of anilines is 1. The molecule has 34 heavy (non-hydrogen) atoms. The van der Waals surface area contributed by atoms with Crippen LogP contribution in [0.4, 0.5) is 10.5 Å². The SMILES string of the molecule is O=C(c1cccs1)c1cnn2c(-c3cccc(NC(=O)C4CCN(C(=O)O)CC4)c3)ccnc12. The number of hydrogen-bond donors (Lipinski definition) is 2. The fourth-order valence-corrected chi connectivity index (χ4v) is 4.82. The summed E-state index contributed by atoms with van der Waals surface area (Å²) < 4.78 is 1.63. The number of carbonyl (C=O) groups is 3. The average molecular weight is 476 g/mol. The van der Waals surface area contributed by atoms with Gasteiger partial charge in [-0.25, -0.2) is 14.3 Å². The van der Waals surface area contributed by atoms with Crippen molar-refractivity contribution in [2.24, 2.45) is 5.92 Å². The molecule has 0 spiro atoms. The number of nitrogens with one attached hydrogen (secondary N) is 1. The highest BCUT2D eigenvalue weighted by molar-refractivity contribution is 7.12. The molecule has 172 valence electrons. The van der Waals surface area contributed by atoms with Gasteiger partial charge in [-0.1, -0.05) is 18.2 Å². The number of ketones is 1. The third-order valence-corrected chi connectivity index (χ3v) is 6.82. The van der Waals surface area contributed by atoms with Gasteiger partial charge in [-0.2, -0.15) is 5.10 Å². The molecule has 0 atom stereocenters. The Hall–Kier alpha value is -4.05. The maximum Gasteiger partial charge on any atom is 0.407 e. The quantitative estimate of drug-likeness (QED) is 0.421. The van der Waals surface area contributed by atoms with Crippen LogP contribution in [-0.4, -0.2) is 55.5 Å². The number of piperidine rings is 1. The summed E-state index contributed by atoms with van der Waals surface area (Å²) in [6.45, 7) is 0.711. The molecule has 10 heteroatoms. The first kappa shape index (κ1) is 21.8. The molecule has 0 aliphatic carbocycles. The van der Waals surface area contributed by atoms with Gasteiger partial charge in [-0.05, 0) is 42.5 Å². The molecule has 1 aliphatic rings. The molecule has 0 saturated carbocycles. The Kier molecular flexibility index (Phi) is 5.81. The van der Waals surface area contributed by atoms with Crippen LogP contribution in [0.15, 0.2) is 60.2 Å². The number of likely N-dealkylation sites (tertiary alicyclic amines) is 1. The van der Waals surface area contributed by atoms with E-state index in [1.165, 1.54) is 22.4 Å². The van der Waals surface area contributed by atoms with Gasteiger partial charge >= 0.3 is 6.09 Å². The molecule has 5 rings (SSSR count). The van der Waals surface area contributed by atoms with Gasteiger partial charge in [0.25, 0.3) is 0 Å². The van der Waals surface area contributed by atoms with Gasteiger partial charge in [0.15, 0.2) is 5.65 Å². The molecule has 9 nitrogen and oxygen atoms in total. The van der Waals surface area contributed by atoms with Crippen LogP contribution in [0.3, 0.4) is 0 Å². The number of amides is 2. The third-order valence-electron chi connectivity index (χ3n) is 5.95. The van der Waals surface area contributed by atoms with E-state index in [2.05, 4.69) is 15.4 Å². The van der Waals surface area contributed by atoms with Gasteiger partial charge in [-0.15, -0.1) is 11.3 Å². The zero-order valence-corrected chi connectivity index (χ0v) is 18.9. The smallest absolute Gasteiger partial charge is 0.407 e. The number of thiophene rings is 1. The zero-order valence-electron chi connectivity index (χ0n) is 18.0. The number of benzene rings is 1. The molecule has 4 aromatic rings. The van der Waals surface area contributed by atoms with Crippen molar-refractivity contribution in [3.8, 4) is 11.3 Å². The van der Waals surface area contributed by atoms with E-state index in [1.54, 1.807) is 22.8 Å². The van der Waals surface area contributed by atoms with E-state index in [0.29, 0.717) is 47.7 Å². The topological polar surface area (TPSA) is 117 Å². The molecular weight excluding hydrogens is 454 g/mol. The second kappa shape index (κ2) is 9.06. The van der Waals surface area contributed by atoms with Crippen molar-refractivity contribution in [3.63, 3.8) is 0 Å². The summed E-state index contributed by atoms with van der Waals surface area (Å²) in [5.74, 6) is -0.474. The van der Waals surface area contributed by atoms with Gasteiger partial charge in [0.1, 0.15) is 0 Å². The number of rotatable bonds is 5. The highest BCUT2D eigenvalue weighted by Gasteiger charge is 2.27. The molecule has 0 radical (unpaired) electrons. The van der Waals surface area contributed by atoms with Crippen molar-refractivity contribution >= 4 is 40.5 Å². The maximum absolute atomic E-state index is 12.8. The largest absolute Gasteiger partial charge is 0.465 e. The maximum atomic E-state index is 12.8. The van der Waals surface area contributed by atoms with Crippen molar-refractivity contribution in [2.75, 3.05) is 18.4 Å². The van der Waals surface area contributed by atoms with Crippen LogP contribution in [-0.2, 0) is 4.79 Å². The third kappa shape index (κ3) is 4.15. The molecule has 4 heterocycles. The average Bonchev–Trinajstić information content (AvgIpc) is 3.54. The number of aromatic nitrogens is 3. The van der Waals surface area contributed by atoms with Gasteiger partial charge in [-0.3, -0.25) is 9.59 Å². The van der Waals surface area contributed by atoms with E-state index in [4.69, 9.17) is 5.11 Å². The van der Waals surface area contributed by atoms with Crippen molar-refractivity contribution in [3.05, 3.63) is 70.7 Å². The Bertz CT molecular complexity index is 1370. The summed E-state index contributed by atoms with van der Waals surface area (Å²) >= 11 is 1.37. The Morgan fingerprint density at radius 3 is 2.65 bits per heavy atom. The molecule has 2 amide bonds. The Morgan fingerprint density at radius 2 is 1.91 bits per heavy atom. The predicted molar refractivity (Wildman–Crippen MR) is 127 cm³/mol. The van der Waals surface area contributed by atoms with E-state index in [-0.39, 0.29) is 17.6 Å². The molecular formula is C24H21N5O4S. The summed E-state index contributed by atoms with van der Waals surface area (Å²) in [5, 5.41) is 18.3. The first-order chi connectivity index (χ1) is 16.5. The van der Waals surface area contributed by atoms with Crippen LogP contribution in [0.1, 0.15) is 28.1 Å². The monoisotopic (exact) mass is 475 g/mol. The lowest BCUT2D eigenvalue weighted by Gasteiger charge is -2.29. The zero-order chi connectivity index (χ0) is 23.7. The van der Waals surface area contributed by atoms with Gasteiger partial charge in [0, 0.05) is 36.5 Å². The summed E-state index contributed by atoms with van der Waals surface area (Å²) in [4.78, 5) is 43.0.